The number of fused-ring (bicyclic) bond motifs is 1. The van der Waals surface area contributed by atoms with Gasteiger partial charge in [0.05, 0.1) is 11.8 Å². The van der Waals surface area contributed by atoms with E-state index in [-0.39, 0.29) is 66.8 Å². The highest BCUT2D eigenvalue weighted by Gasteiger charge is 2.47. The van der Waals surface area contributed by atoms with Crippen molar-refractivity contribution >= 4 is 23.6 Å². The Morgan fingerprint density at radius 1 is 1.06 bits per heavy atom. The molecule has 1 heterocycles. The average molecular weight is 472 g/mol. The van der Waals surface area contributed by atoms with Gasteiger partial charge >= 0.3 is 0 Å². The van der Waals surface area contributed by atoms with Crippen LogP contribution >= 0.6 is 0 Å². The van der Waals surface area contributed by atoms with E-state index in [0.717, 1.165) is 6.42 Å². The zero-order valence-electron chi connectivity index (χ0n) is 20.1. The number of halogens is 1. The molecule has 3 rings (SSSR count). The van der Waals surface area contributed by atoms with E-state index in [1.165, 1.54) is 21.9 Å². The van der Waals surface area contributed by atoms with Gasteiger partial charge in [0, 0.05) is 25.6 Å². The van der Waals surface area contributed by atoms with Crippen LogP contribution in [-0.2, 0) is 25.7 Å². The lowest BCUT2D eigenvalue weighted by molar-refractivity contribution is -0.144. The topological polar surface area (TPSA) is 86.8 Å². The molecule has 0 aromatic heterocycles. The smallest absolute Gasteiger partial charge is 0.243 e. The van der Waals surface area contributed by atoms with Gasteiger partial charge in [0.25, 0.3) is 0 Å². The molecule has 0 radical (unpaired) electrons. The lowest BCUT2D eigenvalue weighted by atomic mass is 9.85. The molecule has 2 aliphatic rings. The van der Waals surface area contributed by atoms with E-state index < -0.39 is 6.04 Å². The van der Waals surface area contributed by atoms with E-state index >= 15 is 0 Å². The number of benzene rings is 1. The molecule has 184 valence electrons. The SMILES string of the molecule is CC[C@H](C(=O)N[C@@H](C)CC)N(Cc1ccc(F)cc1)C(=O)CCN1C(=O)[C@H]2CC=CC[C@H]2C1=O. The van der Waals surface area contributed by atoms with Crippen LogP contribution in [0.25, 0.3) is 0 Å². The Bertz CT molecular complexity index is 920. The molecule has 1 fully saturated rings. The molecular weight excluding hydrogens is 437 g/mol. The van der Waals surface area contributed by atoms with Crippen molar-refractivity contribution in [3.63, 3.8) is 0 Å². The second kappa shape index (κ2) is 11.4. The molecule has 8 heteroatoms. The molecule has 0 unspecified atom stereocenters. The summed E-state index contributed by atoms with van der Waals surface area (Å²) in [6.45, 7) is 5.81. The molecule has 1 aliphatic carbocycles. The lowest BCUT2D eigenvalue weighted by Gasteiger charge is -2.32. The lowest BCUT2D eigenvalue weighted by Crippen LogP contribution is -2.51. The predicted molar refractivity (Wildman–Crippen MR) is 126 cm³/mol. The Morgan fingerprint density at radius 2 is 1.65 bits per heavy atom. The normalized spacial score (nSPS) is 21.2. The minimum Gasteiger partial charge on any atom is -0.352 e. The third kappa shape index (κ3) is 5.72. The summed E-state index contributed by atoms with van der Waals surface area (Å²) in [6, 6.07) is 5.04. The average Bonchev–Trinajstić information content (AvgIpc) is 3.08. The highest BCUT2D eigenvalue weighted by molar-refractivity contribution is 6.05. The summed E-state index contributed by atoms with van der Waals surface area (Å²) < 4.78 is 13.4. The number of nitrogens with zero attached hydrogens (tertiary/aromatic N) is 2. The van der Waals surface area contributed by atoms with Gasteiger partial charge in [-0.05, 0) is 50.3 Å². The van der Waals surface area contributed by atoms with Gasteiger partial charge in [-0.25, -0.2) is 4.39 Å². The fraction of sp³-hybridized carbons (Fsp3) is 0.538. The molecule has 1 aromatic carbocycles. The Balaban J connectivity index is 1.75. The number of carbonyl (C=O) groups excluding carboxylic acids is 4. The van der Waals surface area contributed by atoms with Gasteiger partial charge in [0.2, 0.25) is 23.6 Å². The summed E-state index contributed by atoms with van der Waals surface area (Å²) >= 11 is 0. The van der Waals surface area contributed by atoms with Crippen LogP contribution < -0.4 is 5.32 Å². The standard InChI is InChI=1S/C26H34FN3O4/c1-4-17(3)28-24(32)22(5-2)30(16-18-10-12-19(27)13-11-18)23(31)14-15-29-25(33)20-8-6-7-9-21(20)26(29)34/h6-7,10-13,17,20-22H,4-5,8-9,14-16H2,1-3H3,(H,28,32)/t17-,20-,21+,22+/m0/s1. The first-order valence-electron chi connectivity index (χ1n) is 12.1. The summed E-state index contributed by atoms with van der Waals surface area (Å²) in [7, 11) is 0. The summed E-state index contributed by atoms with van der Waals surface area (Å²) in [6.07, 6.45) is 6.02. The number of nitrogens with one attached hydrogen (secondary N) is 1. The first kappa shape index (κ1) is 25.6. The van der Waals surface area contributed by atoms with E-state index in [4.69, 9.17) is 0 Å². The van der Waals surface area contributed by atoms with Gasteiger partial charge in [0.1, 0.15) is 11.9 Å². The maximum Gasteiger partial charge on any atom is 0.243 e. The first-order valence-corrected chi connectivity index (χ1v) is 12.1. The summed E-state index contributed by atoms with van der Waals surface area (Å²) in [5.74, 6) is -2.09. The minimum atomic E-state index is -0.719. The Morgan fingerprint density at radius 3 is 2.18 bits per heavy atom. The molecule has 1 N–H and O–H groups in total. The van der Waals surface area contributed by atoms with Gasteiger partial charge in [-0.15, -0.1) is 0 Å². The molecule has 1 aliphatic heterocycles. The number of hydrogen-bond acceptors (Lipinski definition) is 4. The molecule has 7 nitrogen and oxygen atoms in total. The zero-order valence-corrected chi connectivity index (χ0v) is 20.1. The van der Waals surface area contributed by atoms with Crippen molar-refractivity contribution < 1.29 is 23.6 Å². The van der Waals surface area contributed by atoms with Crippen molar-refractivity contribution in [3.05, 3.63) is 47.8 Å². The van der Waals surface area contributed by atoms with Crippen molar-refractivity contribution in [2.75, 3.05) is 6.54 Å². The van der Waals surface area contributed by atoms with E-state index in [1.54, 1.807) is 12.1 Å². The molecule has 1 aromatic rings. The van der Waals surface area contributed by atoms with Gasteiger partial charge in [-0.2, -0.15) is 0 Å². The highest BCUT2D eigenvalue weighted by atomic mass is 19.1. The molecule has 0 spiro atoms. The monoisotopic (exact) mass is 471 g/mol. The van der Waals surface area contributed by atoms with Gasteiger partial charge in [-0.3, -0.25) is 24.1 Å². The Labute approximate surface area is 200 Å². The van der Waals surface area contributed by atoms with Crippen LogP contribution in [0.5, 0.6) is 0 Å². The largest absolute Gasteiger partial charge is 0.352 e. The minimum absolute atomic E-state index is 0.00711. The summed E-state index contributed by atoms with van der Waals surface area (Å²) in [5, 5.41) is 2.94. The molecule has 4 amide bonds. The summed E-state index contributed by atoms with van der Waals surface area (Å²) in [5.41, 5.74) is 0.690. The number of likely N-dealkylation sites (tertiary alicyclic amines) is 1. The van der Waals surface area contributed by atoms with E-state index in [2.05, 4.69) is 5.32 Å². The van der Waals surface area contributed by atoms with Gasteiger partial charge < -0.3 is 10.2 Å². The molecular formula is C26H34FN3O4. The first-order chi connectivity index (χ1) is 16.3. The maximum atomic E-state index is 13.4. The Kier molecular flexibility index (Phi) is 8.58. The molecule has 1 saturated heterocycles. The van der Waals surface area contributed by atoms with Crippen LogP contribution in [0.2, 0.25) is 0 Å². The molecule has 0 bridgehead atoms. The Hall–Kier alpha value is -3.03. The number of amides is 4. The highest BCUT2D eigenvalue weighted by Crippen LogP contribution is 2.35. The quantitative estimate of drug-likeness (QED) is 0.419. The maximum absolute atomic E-state index is 13.4. The second-order valence-electron chi connectivity index (χ2n) is 9.12. The zero-order chi connectivity index (χ0) is 24.8. The van der Waals surface area contributed by atoms with Crippen molar-refractivity contribution in [2.24, 2.45) is 11.8 Å². The molecule has 4 atom stereocenters. The number of carbonyl (C=O) groups is 4. The predicted octanol–water partition coefficient (Wildman–Crippen LogP) is 3.19. The van der Waals surface area contributed by atoms with Crippen LogP contribution in [0.1, 0.15) is 58.4 Å². The third-order valence-corrected chi connectivity index (χ3v) is 6.80. The van der Waals surface area contributed by atoms with Crippen LogP contribution in [0.3, 0.4) is 0 Å². The number of hydrogen-bond donors (Lipinski definition) is 1. The van der Waals surface area contributed by atoms with Gasteiger partial charge in [-0.1, -0.05) is 38.1 Å². The fourth-order valence-corrected chi connectivity index (χ4v) is 4.59. The van der Waals surface area contributed by atoms with Crippen LogP contribution in [0.4, 0.5) is 4.39 Å². The van der Waals surface area contributed by atoms with Crippen LogP contribution in [0.15, 0.2) is 36.4 Å². The van der Waals surface area contributed by atoms with Crippen LogP contribution in [-0.4, -0.2) is 52.1 Å². The number of allylic oxidation sites excluding steroid dienone is 2. The number of imide groups is 1. The van der Waals surface area contributed by atoms with E-state index in [0.29, 0.717) is 24.8 Å². The van der Waals surface area contributed by atoms with Crippen molar-refractivity contribution in [1.82, 2.24) is 15.1 Å². The van der Waals surface area contributed by atoms with E-state index in [9.17, 15) is 23.6 Å². The fourth-order valence-electron chi connectivity index (χ4n) is 4.59. The second-order valence-corrected chi connectivity index (χ2v) is 9.12. The molecule has 34 heavy (non-hydrogen) atoms. The summed E-state index contributed by atoms with van der Waals surface area (Å²) in [4.78, 5) is 54.5. The van der Waals surface area contributed by atoms with Crippen molar-refractivity contribution in [1.29, 1.82) is 0 Å². The van der Waals surface area contributed by atoms with Gasteiger partial charge in [0.15, 0.2) is 0 Å². The molecule has 0 saturated carbocycles. The number of rotatable bonds is 10. The van der Waals surface area contributed by atoms with Crippen molar-refractivity contribution in [3.8, 4) is 0 Å². The van der Waals surface area contributed by atoms with Crippen molar-refractivity contribution in [2.45, 2.75) is 71.5 Å². The van der Waals surface area contributed by atoms with E-state index in [1.807, 2.05) is 32.9 Å². The van der Waals surface area contributed by atoms with Crippen LogP contribution in [0, 0.1) is 17.7 Å². The third-order valence-electron chi connectivity index (χ3n) is 6.80.